The van der Waals surface area contributed by atoms with Crippen molar-refractivity contribution >= 4 is 30.7 Å². The predicted molar refractivity (Wildman–Crippen MR) is 103 cm³/mol. The number of rotatable bonds is 4. The fourth-order valence-corrected chi connectivity index (χ4v) is 3.29. The molecule has 2 saturated heterocycles. The summed E-state index contributed by atoms with van der Waals surface area (Å²) in [4.78, 5) is 17.4. The summed E-state index contributed by atoms with van der Waals surface area (Å²) in [7, 11) is 1.68. The molecule has 2 fully saturated rings. The molecule has 0 aromatic heterocycles. The van der Waals surface area contributed by atoms with E-state index in [9.17, 15) is 4.79 Å². The molecule has 5 nitrogen and oxygen atoms in total. The van der Waals surface area contributed by atoms with Crippen LogP contribution in [0.3, 0.4) is 0 Å². The molecule has 144 valence electrons. The Morgan fingerprint density at radius 3 is 2.08 bits per heavy atom. The second-order valence-corrected chi connectivity index (χ2v) is 7.89. The molecule has 2 aliphatic heterocycles. The van der Waals surface area contributed by atoms with Gasteiger partial charge in [0.2, 0.25) is 0 Å². The van der Waals surface area contributed by atoms with E-state index in [1.54, 1.807) is 7.11 Å². The number of carbonyl (C=O) groups is 1. The molecule has 0 unspecified atom stereocenters. The smallest absolute Gasteiger partial charge is 0.254 e. The fourth-order valence-electron chi connectivity index (χ4n) is 3.29. The lowest BCUT2D eigenvalue weighted by Gasteiger charge is -2.42. The summed E-state index contributed by atoms with van der Waals surface area (Å²) in [5.41, 5.74) is -0.207. The Kier molecular flexibility index (Phi) is 10.1. The Morgan fingerprint density at radius 2 is 1.62 bits per heavy atom. The van der Waals surface area contributed by atoms with Crippen molar-refractivity contribution < 1.29 is 9.53 Å². The van der Waals surface area contributed by atoms with Gasteiger partial charge in [-0.3, -0.25) is 9.69 Å². The third-order valence-electron chi connectivity index (χ3n) is 5.03. The molecule has 0 aromatic carbocycles. The number of hydrogen-bond acceptors (Lipinski definition) is 4. The Hall–Kier alpha value is -0.0700. The van der Waals surface area contributed by atoms with E-state index < -0.39 is 5.60 Å². The number of methoxy groups -OCH3 is 1. The third-order valence-corrected chi connectivity index (χ3v) is 5.03. The Morgan fingerprint density at radius 1 is 1.08 bits per heavy atom. The maximum absolute atomic E-state index is 12.9. The highest BCUT2D eigenvalue weighted by Gasteiger charge is 2.42. The second-order valence-electron chi connectivity index (χ2n) is 7.89. The topological polar surface area (TPSA) is 44.8 Å². The van der Waals surface area contributed by atoms with Crippen molar-refractivity contribution in [1.29, 1.82) is 0 Å². The van der Waals surface area contributed by atoms with Crippen LogP contribution in [0.25, 0.3) is 0 Å². The molecule has 24 heavy (non-hydrogen) atoms. The number of nitrogens with one attached hydrogen (secondary N) is 1. The van der Waals surface area contributed by atoms with Crippen LogP contribution < -0.4 is 5.32 Å². The quantitative estimate of drug-likeness (QED) is 0.807. The second kappa shape index (κ2) is 10.2. The van der Waals surface area contributed by atoms with Crippen molar-refractivity contribution in [2.24, 2.45) is 5.41 Å². The molecule has 0 spiro atoms. The van der Waals surface area contributed by atoms with E-state index in [2.05, 4.69) is 31.0 Å². The van der Waals surface area contributed by atoms with Crippen molar-refractivity contribution in [2.75, 3.05) is 52.9 Å². The normalized spacial score (nSPS) is 21.6. The van der Waals surface area contributed by atoms with Crippen LogP contribution in [-0.2, 0) is 9.53 Å². The Labute approximate surface area is 159 Å². The Balaban J connectivity index is 0.00000264. The van der Waals surface area contributed by atoms with E-state index in [1.165, 1.54) is 6.42 Å². The monoisotopic (exact) mass is 383 g/mol. The highest BCUT2D eigenvalue weighted by Crippen LogP contribution is 2.26. The van der Waals surface area contributed by atoms with Gasteiger partial charge in [0.1, 0.15) is 5.60 Å². The first-order chi connectivity index (χ1) is 10.4. The van der Waals surface area contributed by atoms with Crippen LogP contribution in [-0.4, -0.2) is 74.2 Å². The number of piperidine rings is 1. The predicted octanol–water partition coefficient (Wildman–Crippen LogP) is 2.18. The van der Waals surface area contributed by atoms with Crippen LogP contribution in [0, 0.1) is 5.41 Å². The highest BCUT2D eigenvalue weighted by atomic mass is 35.5. The van der Waals surface area contributed by atoms with Crippen LogP contribution in [0.15, 0.2) is 0 Å². The lowest BCUT2D eigenvalue weighted by Crippen LogP contribution is -2.59. The number of amides is 1. The van der Waals surface area contributed by atoms with Gasteiger partial charge in [-0.15, -0.1) is 24.8 Å². The van der Waals surface area contributed by atoms with E-state index >= 15 is 0 Å². The van der Waals surface area contributed by atoms with Gasteiger partial charge in [-0.1, -0.05) is 20.8 Å². The molecule has 2 heterocycles. The number of hydrogen-bond donors (Lipinski definition) is 1. The van der Waals surface area contributed by atoms with Gasteiger partial charge >= 0.3 is 0 Å². The molecule has 0 bridgehead atoms. The molecular weight excluding hydrogens is 349 g/mol. The van der Waals surface area contributed by atoms with Gasteiger partial charge < -0.3 is 15.0 Å². The molecule has 0 aromatic rings. The van der Waals surface area contributed by atoms with Gasteiger partial charge in [-0.2, -0.15) is 0 Å². The lowest BCUT2D eigenvalue weighted by atomic mass is 9.90. The van der Waals surface area contributed by atoms with Crippen molar-refractivity contribution in [1.82, 2.24) is 15.1 Å². The van der Waals surface area contributed by atoms with Crippen LogP contribution in [0.1, 0.15) is 40.0 Å². The maximum atomic E-state index is 12.9. The molecule has 0 saturated carbocycles. The number of piperazine rings is 1. The molecule has 0 radical (unpaired) electrons. The van der Waals surface area contributed by atoms with Crippen molar-refractivity contribution in [2.45, 2.75) is 45.6 Å². The zero-order chi connectivity index (χ0) is 16.2. The molecular formula is C17H35Cl2N3O2. The molecule has 1 amide bonds. The van der Waals surface area contributed by atoms with Gasteiger partial charge in [0.15, 0.2) is 0 Å². The van der Waals surface area contributed by atoms with Crippen molar-refractivity contribution in [3.63, 3.8) is 0 Å². The first kappa shape index (κ1) is 23.9. The standard InChI is InChI=1S/C17H33N3O2.2ClH/c1-16(2,3)7-10-19-11-13-20(14-12-19)15(21)17(22-4)5-8-18-9-6-17;;/h18H,5-14H2,1-4H3;2*1H. The molecule has 2 aliphatic rings. The third kappa shape index (κ3) is 6.34. The number of halogens is 2. The van der Waals surface area contributed by atoms with Crippen LogP contribution in [0.2, 0.25) is 0 Å². The van der Waals surface area contributed by atoms with E-state index in [0.717, 1.165) is 58.7 Å². The number of ether oxygens (including phenoxy) is 1. The summed E-state index contributed by atoms with van der Waals surface area (Å²) < 4.78 is 5.67. The Bertz CT molecular complexity index is 375. The number of carbonyl (C=O) groups excluding carboxylic acids is 1. The number of nitrogens with zero attached hydrogens (tertiary/aromatic N) is 2. The summed E-state index contributed by atoms with van der Waals surface area (Å²) >= 11 is 0. The fraction of sp³-hybridized carbons (Fsp3) is 0.941. The average Bonchev–Trinajstić information content (AvgIpc) is 2.52. The average molecular weight is 384 g/mol. The minimum atomic E-state index is -0.584. The SMILES string of the molecule is COC1(C(=O)N2CCN(CCC(C)(C)C)CC2)CCNCC1.Cl.Cl. The van der Waals surface area contributed by atoms with E-state index in [0.29, 0.717) is 5.41 Å². The molecule has 7 heteroatoms. The minimum absolute atomic E-state index is 0. The zero-order valence-electron chi connectivity index (χ0n) is 15.6. The minimum Gasteiger partial charge on any atom is -0.368 e. The molecule has 0 atom stereocenters. The summed E-state index contributed by atoms with van der Waals surface area (Å²) in [5, 5.41) is 3.31. The van der Waals surface area contributed by atoms with E-state index in [1.807, 2.05) is 4.90 Å². The summed E-state index contributed by atoms with van der Waals surface area (Å²) in [6, 6.07) is 0. The van der Waals surface area contributed by atoms with Gasteiger partial charge in [0.05, 0.1) is 0 Å². The molecule has 0 aliphatic carbocycles. The summed E-state index contributed by atoms with van der Waals surface area (Å²) in [6.07, 6.45) is 2.77. The first-order valence-electron chi connectivity index (χ1n) is 8.64. The van der Waals surface area contributed by atoms with Crippen LogP contribution >= 0.6 is 24.8 Å². The van der Waals surface area contributed by atoms with Gasteiger partial charge in [-0.05, 0) is 44.3 Å². The highest BCUT2D eigenvalue weighted by molar-refractivity contribution is 5.86. The van der Waals surface area contributed by atoms with Gasteiger partial charge in [0.25, 0.3) is 5.91 Å². The van der Waals surface area contributed by atoms with E-state index in [4.69, 9.17) is 4.74 Å². The van der Waals surface area contributed by atoms with Crippen molar-refractivity contribution in [3.05, 3.63) is 0 Å². The largest absolute Gasteiger partial charge is 0.368 e. The first-order valence-corrected chi connectivity index (χ1v) is 8.64. The van der Waals surface area contributed by atoms with Crippen molar-refractivity contribution in [3.8, 4) is 0 Å². The summed E-state index contributed by atoms with van der Waals surface area (Å²) in [6.45, 7) is 13.4. The van der Waals surface area contributed by atoms with E-state index in [-0.39, 0.29) is 30.7 Å². The van der Waals surface area contributed by atoms with Crippen LogP contribution in [0.4, 0.5) is 0 Å². The lowest BCUT2D eigenvalue weighted by molar-refractivity contribution is -0.160. The molecule has 2 rings (SSSR count). The zero-order valence-corrected chi connectivity index (χ0v) is 17.2. The van der Waals surface area contributed by atoms with Gasteiger partial charge in [0, 0.05) is 33.3 Å². The summed E-state index contributed by atoms with van der Waals surface area (Å²) in [5.74, 6) is 0.201. The molecule has 1 N–H and O–H groups in total. The maximum Gasteiger partial charge on any atom is 0.254 e. The van der Waals surface area contributed by atoms with Gasteiger partial charge in [-0.25, -0.2) is 0 Å². The van der Waals surface area contributed by atoms with Crippen LogP contribution in [0.5, 0.6) is 0 Å².